The van der Waals surface area contributed by atoms with Gasteiger partial charge in [0, 0.05) is 5.02 Å². The van der Waals surface area contributed by atoms with E-state index in [9.17, 15) is 9.59 Å². The van der Waals surface area contributed by atoms with Crippen molar-refractivity contribution in [1.82, 2.24) is 0 Å². The largest absolute Gasteiger partial charge is 0.460 e. The second-order valence-corrected chi connectivity index (χ2v) is 3.81. The van der Waals surface area contributed by atoms with Crippen LogP contribution < -0.4 is 5.43 Å². The fourth-order valence-electron chi connectivity index (χ4n) is 1.10. The van der Waals surface area contributed by atoms with Crippen molar-refractivity contribution in [3.63, 3.8) is 0 Å². The first kappa shape index (κ1) is 14.2. The van der Waals surface area contributed by atoms with Gasteiger partial charge in [-0.25, -0.2) is 4.79 Å². The molecule has 0 aliphatic heterocycles. The van der Waals surface area contributed by atoms with E-state index in [2.05, 4.69) is 15.3 Å². The minimum Gasteiger partial charge on any atom is -0.460 e. The Morgan fingerprint density at radius 1 is 1.44 bits per heavy atom. The highest BCUT2D eigenvalue weighted by atomic mass is 35.5. The highest BCUT2D eigenvalue weighted by Gasteiger charge is 2.18. The molecular formula is C12H13ClN2O3. The molecule has 0 aliphatic carbocycles. The van der Waals surface area contributed by atoms with Crippen LogP contribution in [0.2, 0.25) is 5.02 Å². The molecule has 6 heteroatoms. The Morgan fingerprint density at radius 3 is 2.78 bits per heavy atom. The van der Waals surface area contributed by atoms with Crippen molar-refractivity contribution in [2.45, 2.75) is 13.8 Å². The maximum absolute atomic E-state index is 11.4. The average Bonchev–Trinajstić information content (AvgIpc) is 2.35. The normalized spacial score (nSPS) is 10.9. The number of rotatable bonds is 5. The lowest BCUT2D eigenvalue weighted by Crippen LogP contribution is -2.24. The molecule has 1 N–H and O–H groups in total. The predicted molar refractivity (Wildman–Crippen MR) is 69.8 cm³/mol. The van der Waals surface area contributed by atoms with E-state index in [1.165, 1.54) is 6.92 Å². The third kappa shape index (κ3) is 4.18. The summed E-state index contributed by atoms with van der Waals surface area (Å²) in [4.78, 5) is 22.6. The van der Waals surface area contributed by atoms with E-state index >= 15 is 0 Å². The number of ether oxygens (including phenoxy) is 1. The van der Waals surface area contributed by atoms with E-state index in [1.54, 1.807) is 31.2 Å². The highest BCUT2D eigenvalue weighted by Crippen LogP contribution is 2.14. The molecule has 0 spiro atoms. The van der Waals surface area contributed by atoms with Gasteiger partial charge in [0.25, 0.3) is 5.78 Å². The number of ketones is 1. The van der Waals surface area contributed by atoms with Gasteiger partial charge in [-0.05, 0) is 32.0 Å². The fourth-order valence-corrected chi connectivity index (χ4v) is 1.29. The van der Waals surface area contributed by atoms with Crippen LogP contribution >= 0.6 is 11.6 Å². The van der Waals surface area contributed by atoms with Crippen molar-refractivity contribution in [1.29, 1.82) is 0 Å². The number of benzene rings is 1. The molecule has 0 atom stereocenters. The van der Waals surface area contributed by atoms with Gasteiger partial charge in [0.05, 0.1) is 12.3 Å². The number of hydrogen-bond donors (Lipinski definition) is 1. The molecule has 1 aromatic carbocycles. The van der Waals surface area contributed by atoms with Crippen LogP contribution in [0.3, 0.4) is 0 Å². The lowest BCUT2D eigenvalue weighted by atomic mass is 10.3. The molecule has 0 aliphatic rings. The van der Waals surface area contributed by atoms with Crippen LogP contribution in [0.4, 0.5) is 5.69 Å². The molecule has 0 bridgehead atoms. The molecule has 0 aromatic heterocycles. The van der Waals surface area contributed by atoms with Crippen LogP contribution in [0.1, 0.15) is 13.8 Å². The summed E-state index contributed by atoms with van der Waals surface area (Å²) in [5.41, 5.74) is 3.28. The van der Waals surface area contributed by atoms with E-state index < -0.39 is 11.8 Å². The maximum atomic E-state index is 11.4. The van der Waals surface area contributed by atoms with Gasteiger partial charge in [-0.2, -0.15) is 5.10 Å². The number of hydrazone groups is 1. The predicted octanol–water partition coefficient (Wildman–Crippen LogP) is 2.26. The number of halogens is 1. The van der Waals surface area contributed by atoms with Crippen molar-refractivity contribution in [2.75, 3.05) is 12.0 Å². The van der Waals surface area contributed by atoms with E-state index in [0.29, 0.717) is 10.7 Å². The van der Waals surface area contributed by atoms with Gasteiger partial charge in [-0.1, -0.05) is 17.7 Å². The van der Waals surface area contributed by atoms with Gasteiger partial charge in [0.15, 0.2) is 0 Å². The summed E-state index contributed by atoms with van der Waals surface area (Å²) < 4.78 is 4.58. The van der Waals surface area contributed by atoms with Gasteiger partial charge in [-0.15, -0.1) is 0 Å². The van der Waals surface area contributed by atoms with Crippen LogP contribution in [0.25, 0.3) is 0 Å². The SMILES string of the molecule is CCOC(=O)C(=O)/C(C)=N/Nc1cccc(Cl)c1. The van der Waals surface area contributed by atoms with Crippen molar-refractivity contribution in [3.8, 4) is 0 Å². The van der Waals surface area contributed by atoms with Crippen molar-refractivity contribution in [3.05, 3.63) is 29.3 Å². The number of anilines is 1. The van der Waals surface area contributed by atoms with E-state index in [-0.39, 0.29) is 12.3 Å². The van der Waals surface area contributed by atoms with Gasteiger partial charge in [0.2, 0.25) is 0 Å². The summed E-state index contributed by atoms with van der Waals surface area (Å²) in [6, 6.07) is 6.83. The number of carbonyl (C=O) groups excluding carboxylic acids is 2. The van der Waals surface area contributed by atoms with Gasteiger partial charge in [0.1, 0.15) is 5.71 Å². The molecule has 96 valence electrons. The summed E-state index contributed by atoms with van der Waals surface area (Å²) in [6.45, 7) is 3.21. The number of Topliss-reactive ketones (excluding diaryl/α,β-unsaturated/α-hetero) is 1. The first-order chi connectivity index (χ1) is 8.54. The Balaban J connectivity index is 2.67. The summed E-state index contributed by atoms with van der Waals surface area (Å²) in [5.74, 6) is -1.68. The summed E-state index contributed by atoms with van der Waals surface area (Å²) in [5, 5.41) is 4.34. The number of hydrogen-bond acceptors (Lipinski definition) is 5. The topological polar surface area (TPSA) is 67.8 Å². The number of nitrogens with one attached hydrogen (secondary N) is 1. The maximum Gasteiger partial charge on any atom is 0.381 e. The standard InChI is InChI=1S/C12H13ClN2O3/c1-3-18-12(17)11(16)8(2)14-15-10-6-4-5-9(13)7-10/h4-7,15H,3H2,1-2H3/b14-8+. The summed E-state index contributed by atoms with van der Waals surface area (Å²) in [6.07, 6.45) is 0. The molecule has 0 fully saturated rings. The molecule has 0 unspecified atom stereocenters. The second-order valence-electron chi connectivity index (χ2n) is 3.37. The van der Waals surface area contributed by atoms with Gasteiger partial charge < -0.3 is 4.74 Å². The number of esters is 1. The Hall–Kier alpha value is -1.88. The summed E-state index contributed by atoms with van der Waals surface area (Å²) >= 11 is 5.78. The van der Waals surface area contributed by atoms with E-state index in [0.717, 1.165) is 0 Å². The van der Waals surface area contributed by atoms with E-state index in [1.807, 2.05) is 0 Å². The molecule has 0 radical (unpaired) electrons. The Labute approximate surface area is 110 Å². The fraction of sp³-hybridized carbons (Fsp3) is 0.250. The lowest BCUT2D eigenvalue weighted by Gasteiger charge is -2.03. The Kier molecular flexibility index (Phi) is 5.32. The van der Waals surface area contributed by atoms with Crippen molar-refractivity contribution >= 4 is 34.8 Å². The van der Waals surface area contributed by atoms with Crippen molar-refractivity contribution < 1.29 is 14.3 Å². The third-order valence-corrected chi connectivity index (χ3v) is 2.20. The second kappa shape index (κ2) is 6.76. The zero-order chi connectivity index (χ0) is 13.5. The number of nitrogens with zero attached hydrogens (tertiary/aromatic N) is 1. The molecule has 1 aromatic rings. The Morgan fingerprint density at radius 2 is 2.17 bits per heavy atom. The van der Waals surface area contributed by atoms with Crippen LogP contribution in [0, 0.1) is 0 Å². The average molecular weight is 269 g/mol. The molecule has 0 amide bonds. The summed E-state index contributed by atoms with van der Waals surface area (Å²) in [7, 11) is 0. The van der Waals surface area contributed by atoms with Crippen LogP contribution in [-0.2, 0) is 14.3 Å². The molecule has 0 heterocycles. The quantitative estimate of drug-likeness (QED) is 0.385. The molecule has 18 heavy (non-hydrogen) atoms. The molecular weight excluding hydrogens is 256 g/mol. The Bertz CT molecular complexity index is 486. The van der Waals surface area contributed by atoms with Crippen LogP contribution in [0.5, 0.6) is 0 Å². The van der Waals surface area contributed by atoms with E-state index in [4.69, 9.17) is 11.6 Å². The van der Waals surface area contributed by atoms with Crippen LogP contribution in [-0.4, -0.2) is 24.1 Å². The first-order valence-electron chi connectivity index (χ1n) is 5.32. The number of carbonyl (C=O) groups is 2. The molecule has 5 nitrogen and oxygen atoms in total. The minimum absolute atomic E-state index is 0.0217. The van der Waals surface area contributed by atoms with Gasteiger partial charge >= 0.3 is 5.97 Å². The zero-order valence-electron chi connectivity index (χ0n) is 10.1. The smallest absolute Gasteiger partial charge is 0.381 e. The first-order valence-corrected chi connectivity index (χ1v) is 5.69. The third-order valence-electron chi connectivity index (χ3n) is 1.97. The molecule has 0 saturated carbocycles. The highest BCUT2D eigenvalue weighted by molar-refractivity contribution is 6.63. The minimum atomic E-state index is -0.911. The lowest BCUT2D eigenvalue weighted by molar-refractivity contribution is -0.150. The van der Waals surface area contributed by atoms with Gasteiger partial charge in [-0.3, -0.25) is 10.2 Å². The monoisotopic (exact) mass is 268 g/mol. The van der Waals surface area contributed by atoms with Crippen molar-refractivity contribution in [2.24, 2.45) is 5.10 Å². The van der Waals surface area contributed by atoms with Crippen LogP contribution in [0.15, 0.2) is 29.4 Å². The molecule has 0 saturated heterocycles. The molecule has 1 rings (SSSR count). The zero-order valence-corrected chi connectivity index (χ0v) is 10.8.